The molecule has 1 heterocycles. The second kappa shape index (κ2) is 5.05. The van der Waals surface area contributed by atoms with Crippen molar-refractivity contribution in [1.82, 2.24) is 4.98 Å². The lowest BCUT2D eigenvalue weighted by Crippen LogP contribution is -2.09. The van der Waals surface area contributed by atoms with Gasteiger partial charge < -0.3 is 19.6 Å². The minimum absolute atomic E-state index is 0.200. The molecule has 5 nitrogen and oxygen atoms in total. The average Bonchev–Trinajstić information content (AvgIpc) is 2.87. The Bertz CT molecular complexity index is 580. The van der Waals surface area contributed by atoms with Crippen LogP contribution in [0.25, 0.3) is 11.5 Å². The van der Waals surface area contributed by atoms with Crippen LogP contribution in [0.3, 0.4) is 0 Å². The second-order valence-corrected chi connectivity index (χ2v) is 3.91. The van der Waals surface area contributed by atoms with E-state index in [-0.39, 0.29) is 4.99 Å². The van der Waals surface area contributed by atoms with E-state index in [9.17, 15) is 0 Å². The summed E-state index contributed by atoms with van der Waals surface area (Å²) in [6, 6.07) is 5.36. The molecule has 0 saturated heterocycles. The highest BCUT2D eigenvalue weighted by molar-refractivity contribution is 7.80. The maximum atomic E-state index is 5.47. The minimum Gasteiger partial charge on any atom is -0.493 e. The quantitative estimate of drug-likeness (QED) is 0.852. The fourth-order valence-electron chi connectivity index (χ4n) is 1.49. The first-order valence-electron chi connectivity index (χ1n) is 5.13. The van der Waals surface area contributed by atoms with Crippen molar-refractivity contribution in [2.75, 3.05) is 14.2 Å². The van der Waals surface area contributed by atoms with Crippen LogP contribution in [0.15, 0.2) is 28.9 Å². The molecule has 18 heavy (non-hydrogen) atoms. The van der Waals surface area contributed by atoms with Crippen molar-refractivity contribution in [3.63, 3.8) is 0 Å². The zero-order valence-corrected chi connectivity index (χ0v) is 10.8. The SMILES string of the molecule is COc1ccc(-c2nc(C(N)=S)co2)cc1OC. The summed E-state index contributed by atoms with van der Waals surface area (Å²) < 4.78 is 15.7. The first-order chi connectivity index (χ1) is 8.65. The van der Waals surface area contributed by atoms with E-state index in [0.29, 0.717) is 23.1 Å². The lowest BCUT2D eigenvalue weighted by atomic mass is 10.2. The van der Waals surface area contributed by atoms with Crippen molar-refractivity contribution in [3.05, 3.63) is 30.2 Å². The summed E-state index contributed by atoms with van der Waals surface area (Å²) in [5.74, 6) is 1.67. The van der Waals surface area contributed by atoms with Crippen molar-refractivity contribution in [2.24, 2.45) is 5.73 Å². The van der Waals surface area contributed by atoms with Gasteiger partial charge in [-0.05, 0) is 18.2 Å². The van der Waals surface area contributed by atoms with E-state index in [1.165, 1.54) is 6.26 Å². The summed E-state index contributed by atoms with van der Waals surface area (Å²) >= 11 is 4.82. The molecule has 2 N–H and O–H groups in total. The molecule has 1 aromatic heterocycles. The predicted octanol–water partition coefficient (Wildman–Crippen LogP) is 1.99. The van der Waals surface area contributed by atoms with Gasteiger partial charge in [-0.25, -0.2) is 4.98 Å². The molecular formula is C12H12N2O3S. The van der Waals surface area contributed by atoms with Crippen molar-refractivity contribution in [1.29, 1.82) is 0 Å². The van der Waals surface area contributed by atoms with E-state index < -0.39 is 0 Å². The van der Waals surface area contributed by atoms with Crippen LogP contribution in [0.1, 0.15) is 5.69 Å². The Hall–Kier alpha value is -2.08. The third-order valence-electron chi connectivity index (χ3n) is 2.39. The molecule has 0 aliphatic rings. The first kappa shape index (κ1) is 12.4. The van der Waals surface area contributed by atoms with Gasteiger partial charge in [0, 0.05) is 5.56 Å². The molecule has 0 amide bonds. The largest absolute Gasteiger partial charge is 0.493 e. The van der Waals surface area contributed by atoms with Gasteiger partial charge in [0.1, 0.15) is 16.9 Å². The number of aromatic nitrogens is 1. The average molecular weight is 264 g/mol. The number of benzene rings is 1. The summed E-state index contributed by atoms with van der Waals surface area (Å²) in [5, 5.41) is 0. The van der Waals surface area contributed by atoms with E-state index >= 15 is 0 Å². The van der Waals surface area contributed by atoms with Gasteiger partial charge in [0.2, 0.25) is 5.89 Å². The van der Waals surface area contributed by atoms with Gasteiger partial charge in [-0.15, -0.1) is 0 Å². The second-order valence-electron chi connectivity index (χ2n) is 3.47. The molecule has 0 radical (unpaired) electrons. The molecule has 0 bridgehead atoms. The smallest absolute Gasteiger partial charge is 0.226 e. The lowest BCUT2D eigenvalue weighted by molar-refractivity contribution is 0.355. The number of hydrogen-bond donors (Lipinski definition) is 1. The van der Waals surface area contributed by atoms with Crippen LogP contribution in [0.2, 0.25) is 0 Å². The van der Waals surface area contributed by atoms with Gasteiger partial charge in [-0.2, -0.15) is 0 Å². The van der Waals surface area contributed by atoms with E-state index in [2.05, 4.69) is 4.98 Å². The fourth-order valence-corrected chi connectivity index (χ4v) is 1.58. The van der Waals surface area contributed by atoms with Crippen molar-refractivity contribution < 1.29 is 13.9 Å². The van der Waals surface area contributed by atoms with Gasteiger partial charge in [-0.3, -0.25) is 0 Å². The van der Waals surface area contributed by atoms with Crippen LogP contribution in [0.5, 0.6) is 11.5 Å². The number of rotatable bonds is 4. The van der Waals surface area contributed by atoms with Crippen molar-refractivity contribution >= 4 is 17.2 Å². The summed E-state index contributed by atoms with van der Waals surface area (Å²) in [5.41, 5.74) is 6.68. The molecule has 0 unspecified atom stereocenters. The summed E-state index contributed by atoms with van der Waals surface area (Å²) in [6.07, 6.45) is 1.42. The maximum absolute atomic E-state index is 5.47. The van der Waals surface area contributed by atoms with E-state index in [1.807, 2.05) is 6.07 Å². The number of thiocarbonyl (C=S) groups is 1. The Labute approximate surface area is 110 Å². The highest BCUT2D eigenvalue weighted by Crippen LogP contribution is 2.31. The van der Waals surface area contributed by atoms with Gasteiger partial charge in [0.05, 0.1) is 14.2 Å². The summed E-state index contributed by atoms with van der Waals surface area (Å²) in [4.78, 5) is 4.38. The van der Waals surface area contributed by atoms with E-state index in [4.69, 9.17) is 31.8 Å². The minimum atomic E-state index is 0.200. The zero-order chi connectivity index (χ0) is 13.1. The Balaban J connectivity index is 2.41. The molecule has 0 spiro atoms. The monoisotopic (exact) mass is 264 g/mol. The van der Waals surface area contributed by atoms with E-state index in [0.717, 1.165) is 5.56 Å². The number of nitrogens with zero attached hydrogens (tertiary/aromatic N) is 1. The Kier molecular flexibility index (Phi) is 3.47. The molecule has 1 aromatic carbocycles. The summed E-state index contributed by atoms with van der Waals surface area (Å²) in [6.45, 7) is 0. The molecule has 6 heteroatoms. The molecule has 0 fully saturated rings. The predicted molar refractivity (Wildman–Crippen MR) is 70.9 cm³/mol. The van der Waals surface area contributed by atoms with Crippen LogP contribution in [0.4, 0.5) is 0 Å². The standard InChI is InChI=1S/C12H12N2O3S/c1-15-9-4-3-7(5-10(9)16-2)12-14-8(6-17-12)11(13)18/h3-6H,1-2H3,(H2,13,18). The number of nitrogens with two attached hydrogens (primary N) is 1. The number of ether oxygens (including phenoxy) is 2. The molecule has 2 rings (SSSR count). The molecule has 0 saturated carbocycles. The van der Waals surface area contributed by atoms with Crippen LogP contribution < -0.4 is 15.2 Å². The third-order valence-corrected chi connectivity index (χ3v) is 2.60. The van der Waals surface area contributed by atoms with Gasteiger partial charge in [0.15, 0.2) is 11.5 Å². The van der Waals surface area contributed by atoms with Gasteiger partial charge in [0.25, 0.3) is 0 Å². The highest BCUT2D eigenvalue weighted by atomic mass is 32.1. The zero-order valence-electron chi connectivity index (χ0n) is 9.97. The molecule has 94 valence electrons. The molecule has 0 aliphatic heterocycles. The summed E-state index contributed by atoms with van der Waals surface area (Å²) in [7, 11) is 3.14. The fraction of sp³-hybridized carbons (Fsp3) is 0.167. The van der Waals surface area contributed by atoms with Crippen molar-refractivity contribution in [3.8, 4) is 23.0 Å². The van der Waals surface area contributed by atoms with Crippen LogP contribution >= 0.6 is 12.2 Å². The number of methoxy groups -OCH3 is 2. The normalized spacial score (nSPS) is 10.1. The highest BCUT2D eigenvalue weighted by Gasteiger charge is 2.11. The van der Waals surface area contributed by atoms with Gasteiger partial charge in [-0.1, -0.05) is 12.2 Å². The van der Waals surface area contributed by atoms with E-state index in [1.54, 1.807) is 26.4 Å². The lowest BCUT2D eigenvalue weighted by Gasteiger charge is -2.07. The third kappa shape index (κ3) is 2.28. The van der Waals surface area contributed by atoms with Gasteiger partial charge >= 0.3 is 0 Å². The Morgan fingerprint density at radius 3 is 2.56 bits per heavy atom. The Morgan fingerprint density at radius 1 is 1.28 bits per heavy atom. The topological polar surface area (TPSA) is 70.5 Å². The first-order valence-corrected chi connectivity index (χ1v) is 5.54. The molecule has 2 aromatic rings. The molecular weight excluding hydrogens is 252 g/mol. The maximum Gasteiger partial charge on any atom is 0.226 e. The van der Waals surface area contributed by atoms with Crippen LogP contribution in [-0.4, -0.2) is 24.2 Å². The molecule has 0 atom stereocenters. The van der Waals surface area contributed by atoms with Crippen LogP contribution in [-0.2, 0) is 0 Å². The number of oxazole rings is 1. The number of hydrogen-bond acceptors (Lipinski definition) is 5. The van der Waals surface area contributed by atoms with Crippen molar-refractivity contribution in [2.45, 2.75) is 0 Å². The van der Waals surface area contributed by atoms with Crippen LogP contribution in [0, 0.1) is 0 Å². The molecule has 0 aliphatic carbocycles. The Morgan fingerprint density at radius 2 is 2.00 bits per heavy atom.